The second-order valence-corrected chi connectivity index (χ2v) is 13.3. The monoisotopic (exact) mass is 600 g/mol. The van der Waals surface area contributed by atoms with Crippen molar-refractivity contribution >= 4 is 30.0 Å². The predicted octanol–water partition coefficient (Wildman–Crippen LogP) is 2.80. The van der Waals surface area contributed by atoms with E-state index < -0.39 is 23.8 Å². The predicted molar refractivity (Wildman–Crippen MR) is 153 cm³/mol. The minimum Gasteiger partial charge on any atom is -0.444 e. The standard InChI is InChI=1S/C29H40N6O6S/c1-29(2,3)39-28(38)31-23(26(36)34-12-6-7-19(34)15-30)17-33-16-20-14-25(33)27(37)35(20)24-11-8-18-13-21(9-10-22(18)24)42-41-40-32(4)5/h9-10,13,19-20,23-25H,6-8,11-12,14,16-17H2,1-5H3,(H,31,38)/t19-,20-,23-,24-,25-/m0/s1. The van der Waals surface area contributed by atoms with E-state index in [0.717, 1.165) is 41.8 Å². The molecule has 228 valence electrons. The second-order valence-electron chi connectivity index (χ2n) is 12.6. The Kier molecular flexibility index (Phi) is 9.01. The molecule has 2 bridgehead atoms. The number of piperazine rings is 1. The highest BCUT2D eigenvalue weighted by molar-refractivity contribution is 7.94. The van der Waals surface area contributed by atoms with E-state index in [2.05, 4.69) is 23.5 Å². The van der Waals surface area contributed by atoms with Crippen LogP contribution in [0.1, 0.15) is 63.6 Å². The highest BCUT2D eigenvalue weighted by Crippen LogP contribution is 2.44. The van der Waals surface area contributed by atoms with E-state index in [9.17, 15) is 19.6 Å². The van der Waals surface area contributed by atoms with Crippen LogP contribution >= 0.6 is 12.0 Å². The molecule has 0 aromatic heterocycles. The van der Waals surface area contributed by atoms with Crippen molar-refractivity contribution in [1.29, 1.82) is 5.26 Å². The van der Waals surface area contributed by atoms with Crippen LogP contribution in [0.15, 0.2) is 23.1 Å². The van der Waals surface area contributed by atoms with E-state index in [4.69, 9.17) is 14.1 Å². The second kappa shape index (κ2) is 12.4. The number of amides is 3. The molecule has 0 radical (unpaired) electrons. The zero-order valence-electron chi connectivity index (χ0n) is 24.9. The number of rotatable bonds is 9. The Morgan fingerprint density at radius 1 is 1.24 bits per heavy atom. The molecule has 3 fully saturated rings. The summed E-state index contributed by atoms with van der Waals surface area (Å²) in [5, 5.41) is 13.8. The Morgan fingerprint density at radius 2 is 2.02 bits per heavy atom. The quantitative estimate of drug-likeness (QED) is 0.257. The summed E-state index contributed by atoms with van der Waals surface area (Å²) in [5.41, 5.74) is 1.64. The zero-order valence-corrected chi connectivity index (χ0v) is 25.7. The molecular formula is C29H40N6O6S. The maximum atomic E-state index is 13.8. The fourth-order valence-electron chi connectivity index (χ4n) is 6.56. The number of alkyl carbamates (subject to hydrolysis) is 1. The normalized spacial score (nSPS) is 26.1. The summed E-state index contributed by atoms with van der Waals surface area (Å²) < 4.78 is 10.6. The van der Waals surface area contributed by atoms with Gasteiger partial charge >= 0.3 is 6.09 Å². The first-order valence-corrected chi connectivity index (χ1v) is 15.3. The lowest BCUT2D eigenvalue weighted by atomic mass is 10.1. The maximum Gasteiger partial charge on any atom is 0.408 e. The topological polar surface area (TPSA) is 128 Å². The molecule has 12 nitrogen and oxygen atoms in total. The van der Waals surface area contributed by atoms with E-state index in [1.54, 1.807) is 39.8 Å². The number of nitrogens with zero attached hydrogens (tertiary/aromatic N) is 5. The smallest absolute Gasteiger partial charge is 0.408 e. The molecule has 1 aromatic rings. The van der Waals surface area contributed by atoms with Crippen LogP contribution in [0.2, 0.25) is 0 Å². The third-order valence-corrected chi connectivity index (χ3v) is 8.79. The number of aryl methyl sites for hydroxylation is 1. The maximum absolute atomic E-state index is 13.8. The molecular weight excluding hydrogens is 560 g/mol. The lowest BCUT2D eigenvalue weighted by molar-refractivity contribution is -0.340. The lowest BCUT2D eigenvalue weighted by Gasteiger charge is -2.39. The molecule has 1 aliphatic carbocycles. The van der Waals surface area contributed by atoms with Crippen LogP contribution in [-0.4, -0.2) is 101 Å². The summed E-state index contributed by atoms with van der Waals surface area (Å²) in [6.45, 7) is 6.56. The zero-order chi connectivity index (χ0) is 30.2. The number of carbonyl (C=O) groups is 3. The third kappa shape index (κ3) is 6.53. The van der Waals surface area contributed by atoms with E-state index in [1.807, 2.05) is 15.9 Å². The molecule has 1 aromatic carbocycles. The van der Waals surface area contributed by atoms with E-state index in [0.29, 0.717) is 25.9 Å². The van der Waals surface area contributed by atoms with Crippen molar-refractivity contribution in [2.45, 2.75) is 93.6 Å². The number of fused-ring (bicyclic) bond motifs is 3. The van der Waals surface area contributed by atoms with Gasteiger partial charge in [0.1, 0.15) is 17.7 Å². The Morgan fingerprint density at radius 3 is 2.71 bits per heavy atom. The number of benzene rings is 1. The van der Waals surface area contributed by atoms with Crippen LogP contribution in [0, 0.1) is 11.3 Å². The average molecular weight is 601 g/mol. The molecule has 5 atom stereocenters. The van der Waals surface area contributed by atoms with Gasteiger partial charge in [-0.05, 0) is 76.1 Å². The summed E-state index contributed by atoms with van der Waals surface area (Å²) >= 11 is 1.15. The van der Waals surface area contributed by atoms with Crippen LogP contribution in [0.4, 0.5) is 4.79 Å². The number of ether oxygens (including phenoxy) is 1. The van der Waals surface area contributed by atoms with Crippen LogP contribution in [0.25, 0.3) is 0 Å². The molecule has 3 saturated heterocycles. The number of carbonyl (C=O) groups excluding carboxylic acids is 3. The van der Waals surface area contributed by atoms with E-state index in [1.165, 1.54) is 10.6 Å². The van der Waals surface area contributed by atoms with Crippen molar-refractivity contribution in [3.05, 3.63) is 29.3 Å². The van der Waals surface area contributed by atoms with Crippen molar-refractivity contribution in [2.24, 2.45) is 0 Å². The highest BCUT2D eigenvalue weighted by Gasteiger charge is 2.53. The Labute approximate surface area is 251 Å². The molecule has 1 N–H and O–H groups in total. The first kappa shape index (κ1) is 30.6. The Balaban J connectivity index is 1.26. The molecule has 0 spiro atoms. The Bertz CT molecular complexity index is 1250. The largest absolute Gasteiger partial charge is 0.444 e. The number of likely N-dealkylation sites (tertiary alicyclic amines) is 3. The molecule has 3 aliphatic heterocycles. The summed E-state index contributed by atoms with van der Waals surface area (Å²) in [6.07, 6.45) is 3.09. The summed E-state index contributed by atoms with van der Waals surface area (Å²) in [6, 6.07) is 6.61. The van der Waals surface area contributed by atoms with Crippen LogP contribution in [-0.2, 0) is 30.1 Å². The van der Waals surface area contributed by atoms with Crippen molar-refractivity contribution in [1.82, 2.24) is 25.1 Å². The van der Waals surface area contributed by atoms with Gasteiger partial charge in [0, 0.05) is 44.7 Å². The lowest BCUT2D eigenvalue weighted by Crippen LogP contribution is -2.59. The SMILES string of the molecule is CN(C)OOSc1ccc2c(c1)CC[C@@H]2N1C(=O)[C@@H]2C[C@H]1CN2C[C@H](NC(=O)OC(C)(C)C)C(=O)N1CCC[C@H]1C#N. The Hall–Kier alpha value is -2.89. The highest BCUT2D eigenvalue weighted by atomic mass is 32.2. The molecule has 4 aliphatic rings. The van der Waals surface area contributed by atoms with Gasteiger partial charge in [-0.15, -0.1) is 9.32 Å². The first-order chi connectivity index (χ1) is 19.9. The minimum atomic E-state index is -0.920. The summed E-state index contributed by atoms with van der Waals surface area (Å²) in [5.74, 6) is -0.250. The first-order valence-electron chi connectivity index (χ1n) is 14.5. The van der Waals surface area contributed by atoms with Gasteiger partial charge in [-0.2, -0.15) is 10.3 Å². The summed E-state index contributed by atoms with van der Waals surface area (Å²) in [4.78, 5) is 51.6. The molecule has 42 heavy (non-hydrogen) atoms. The summed E-state index contributed by atoms with van der Waals surface area (Å²) in [7, 11) is 3.48. The van der Waals surface area contributed by atoms with Crippen LogP contribution < -0.4 is 5.32 Å². The van der Waals surface area contributed by atoms with Gasteiger partial charge in [0.2, 0.25) is 11.8 Å². The number of nitriles is 1. The van der Waals surface area contributed by atoms with Gasteiger partial charge < -0.3 is 19.9 Å². The van der Waals surface area contributed by atoms with Crippen molar-refractivity contribution in [2.75, 3.05) is 33.7 Å². The van der Waals surface area contributed by atoms with E-state index in [-0.39, 0.29) is 36.5 Å². The van der Waals surface area contributed by atoms with Gasteiger partial charge in [0.25, 0.3) is 0 Å². The van der Waals surface area contributed by atoms with Crippen LogP contribution in [0.5, 0.6) is 0 Å². The van der Waals surface area contributed by atoms with Gasteiger partial charge in [0.05, 0.1) is 30.2 Å². The van der Waals surface area contributed by atoms with Crippen molar-refractivity contribution in [3.8, 4) is 6.07 Å². The van der Waals surface area contributed by atoms with Gasteiger partial charge in [-0.3, -0.25) is 14.5 Å². The van der Waals surface area contributed by atoms with Gasteiger partial charge in [-0.1, -0.05) is 6.07 Å². The van der Waals surface area contributed by atoms with Gasteiger partial charge in [0.15, 0.2) is 0 Å². The average Bonchev–Trinajstić information content (AvgIpc) is 3.69. The molecule has 0 saturated carbocycles. The third-order valence-electron chi connectivity index (χ3n) is 8.21. The minimum absolute atomic E-state index is 0.0148. The number of nitrogens with one attached hydrogen (secondary N) is 1. The molecule has 0 unspecified atom stereocenters. The van der Waals surface area contributed by atoms with Crippen LogP contribution in [0.3, 0.4) is 0 Å². The van der Waals surface area contributed by atoms with Crippen molar-refractivity contribution < 1.29 is 28.4 Å². The van der Waals surface area contributed by atoms with Gasteiger partial charge in [-0.25, -0.2) is 4.79 Å². The van der Waals surface area contributed by atoms with E-state index >= 15 is 0 Å². The fraction of sp³-hybridized carbons (Fsp3) is 0.655. The molecule has 3 heterocycles. The number of hydroxylamine groups is 2. The fourth-order valence-corrected chi connectivity index (χ4v) is 7.11. The molecule has 5 rings (SSSR count). The number of hydrogen-bond acceptors (Lipinski definition) is 10. The molecule has 13 heteroatoms. The molecule has 3 amide bonds. The van der Waals surface area contributed by atoms with Crippen molar-refractivity contribution in [3.63, 3.8) is 0 Å². The number of hydrogen-bond donors (Lipinski definition) is 1.